The molecule has 0 heterocycles. The predicted octanol–water partition coefficient (Wildman–Crippen LogP) is 4.74. The molecule has 5 unspecified atom stereocenters. The zero-order valence-electron chi connectivity index (χ0n) is 10.7. The minimum absolute atomic E-state index is 1.01. The van der Waals surface area contributed by atoms with Crippen LogP contribution in [0.15, 0.2) is 0 Å². The van der Waals surface area contributed by atoms with Crippen LogP contribution in [0, 0.1) is 29.6 Å². The van der Waals surface area contributed by atoms with Crippen molar-refractivity contribution in [1.29, 1.82) is 0 Å². The summed E-state index contributed by atoms with van der Waals surface area (Å²) in [6, 6.07) is 0. The Bertz CT molecular complexity index is 161. The monoisotopic (exact) mass is 196 g/mol. The zero-order valence-corrected chi connectivity index (χ0v) is 10.7. The van der Waals surface area contributed by atoms with Crippen LogP contribution in [0.4, 0.5) is 0 Å². The molecular weight excluding hydrogens is 168 g/mol. The van der Waals surface area contributed by atoms with Crippen molar-refractivity contribution in [3.63, 3.8) is 0 Å². The fraction of sp³-hybridized carbons (Fsp3) is 1.00. The molecule has 0 aromatic heterocycles. The van der Waals surface area contributed by atoms with E-state index in [0.717, 1.165) is 29.6 Å². The van der Waals surface area contributed by atoms with Crippen LogP contribution < -0.4 is 0 Å². The molecule has 84 valence electrons. The van der Waals surface area contributed by atoms with Crippen molar-refractivity contribution in [3.05, 3.63) is 0 Å². The minimum atomic E-state index is 1.01. The van der Waals surface area contributed by atoms with Crippen molar-refractivity contribution in [3.8, 4) is 0 Å². The van der Waals surface area contributed by atoms with Gasteiger partial charge in [0.2, 0.25) is 0 Å². The fourth-order valence-corrected chi connectivity index (χ4v) is 3.56. The molecule has 2 rings (SSSR count). The highest BCUT2D eigenvalue weighted by Gasteiger charge is 2.39. The molecule has 0 aromatic carbocycles. The molecule has 2 aliphatic carbocycles. The van der Waals surface area contributed by atoms with Gasteiger partial charge in [0.25, 0.3) is 0 Å². The Morgan fingerprint density at radius 1 is 0.714 bits per heavy atom. The van der Waals surface area contributed by atoms with Gasteiger partial charge in [-0.25, -0.2) is 0 Å². The average Bonchev–Trinajstić information content (AvgIpc) is 2.53. The molecule has 2 saturated carbocycles. The molecular formula is C14H28. The second kappa shape index (κ2) is 5.19. The second-order valence-corrected chi connectivity index (χ2v) is 5.40. The van der Waals surface area contributed by atoms with Crippen LogP contribution >= 0.6 is 0 Å². The van der Waals surface area contributed by atoms with Crippen molar-refractivity contribution in [2.75, 3.05) is 0 Å². The molecule has 2 fully saturated rings. The molecule has 0 amide bonds. The highest BCUT2D eigenvalue weighted by molar-refractivity contribution is 4.89. The van der Waals surface area contributed by atoms with Crippen molar-refractivity contribution >= 4 is 0 Å². The van der Waals surface area contributed by atoms with E-state index in [1.165, 1.54) is 19.3 Å². The summed E-state index contributed by atoms with van der Waals surface area (Å²) in [6.07, 6.45) is 6.06. The lowest BCUT2D eigenvalue weighted by molar-refractivity contribution is 0.265. The van der Waals surface area contributed by atoms with Crippen molar-refractivity contribution in [2.24, 2.45) is 29.6 Å². The van der Waals surface area contributed by atoms with E-state index in [1.807, 2.05) is 13.8 Å². The predicted molar refractivity (Wildman–Crippen MR) is 64.3 cm³/mol. The van der Waals surface area contributed by atoms with E-state index < -0.39 is 0 Å². The Hall–Kier alpha value is 0. The summed E-state index contributed by atoms with van der Waals surface area (Å²) in [7, 11) is 0. The Balaban J connectivity index is 0.000000461. The van der Waals surface area contributed by atoms with E-state index in [-0.39, 0.29) is 0 Å². The van der Waals surface area contributed by atoms with Crippen LogP contribution in [0.25, 0.3) is 0 Å². The SMILES string of the molecule is CC.CC1CCC(C)C2CC1CC2C. The Labute approximate surface area is 90.5 Å². The number of hydrogen-bond donors (Lipinski definition) is 0. The summed E-state index contributed by atoms with van der Waals surface area (Å²) in [5, 5.41) is 0. The van der Waals surface area contributed by atoms with E-state index in [1.54, 1.807) is 6.42 Å². The van der Waals surface area contributed by atoms with Gasteiger partial charge in [-0.05, 0) is 42.4 Å². The topological polar surface area (TPSA) is 0 Å². The maximum Gasteiger partial charge on any atom is -0.0360 e. The molecule has 0 aromatic rings. The van der Waals surface area contributed by atoms with E-state index in [9.17, 15) is 0 Å². The van der Waals surface area contributed by atoms with Crippen LogP contribution in [0.3, 0.4) is 0 Å². The van der Waals surface area contributed by atoms with Crippen LogP contribution in [0.5, 0.6) is 0 Å². The van der Waals surface area contributed by atoms with Crippen LogP contribution in [0.1, 0.15) is 60.3 Å². The molecule has 0 aliphatic heterocycles. The third-order valence-corrected chi connectivity index (χ3v) is 4.59. The molecule has 0 radical (unpaired) electrons. The van der Waals surface area contributed by atoms with E-state index >= 15 is 0 Å². The summed E-state index contributed by atoms with van der Waals surface area (Å²) in [4.78, 5) is 0. The van der Waals surface area contributed by atoms with Gasteiger partial charge in [0.1, 0.15) is 0 Å². The summed E-state index contributed by atoms with van der Waals surface area (Å²) in [5.74, 6) is 5.19. The number of rotatable bonds is 0. The Kier molecular flexibility index (Phi) is 4.47. The second-order valence-electron chi connectivity index (χ2n) is 5.40. The lowest BCUT2D eigenvalue weighted by Gasteiger charge is -2.24. The molecule has 0 nitrogen and oxygen atoms in total. The number of fused-ring (bicyclic) bond motifs is 2. The third kappa shape index (κ3) is 2.32. The fourth-order valence-electron chi connectivity index (χ4n) is 3.56. The maximum absolute atomic E-state index is 2.47. The highest BCUT2D eigenvalue weighted by Crippen LogP contribution is 2.48. The molecule has 2 aliphatic rings. The standard InChI is InChI=1S/C12H22.C2H6/c1-8-4-5-9(2)12-7-11(8)6-10(12)3;1-2/h8-12H,4-7H2,1-3H3;1-2H3. The third-order valence-electron chi connectivity index (χ3n) is 4.59. The average molecular weight is 196 g/mol. The molecule has 0 N–H and O–H groups in total. The first kappa shape index (κ1) is 12.1. The van der Waals surface area contributed by atoms with Crippen molar-refractivity contribution < 1.29 is 0 Å². The van der Waals surface area contributed by atoms with Gasteiger partial charge >= 0.3 is 0 Å². The van der Waals surface area contributed by atoms with Crippen molar-refractivity contribution in [1.82, 2.24) is 0 Å². The highest BCUT2D eigenvalue weighted by atomic mass is 14.4. The molecule has 2 bridgehead atoms. The summed E-state index contributed by atoms with van der Waals surface area (Å²) in [5.41, 5.74) is 0. The van der Waals surface area contributed by atoms with Gasteiger partial charge in [0.05, 0.1) is 0 Å². The van der Waals surface area contributed by atoms with Gasteiger partial charge in [-0.3, -0.25) is 0 Å². The maximum atomic E-state index is 2.47. The first-order valence-electron chi connectivity index (χ1n) is 6.68. The van der Waals surface area contributed by atoms with E-state index in [2.05, 4.69) is 20.8 Å². The van der Waals surface area contributed by atoms with E-state index in [4.69, 9.17) is 0 Å². The molecule has 0 heteroatoms. The summed E-state index contributed by atoms with van der Waals surface area (Å²) < 4.78 is 0. The van der Waals surface area contributed by atoms with Gasteiger partial charge < -0.3 is 0 Å². The summed E-state index contributed by atoms with van der Waals surface area (Å²) >= 11 is 0. The molecule has 0 saturated heterocycles. The molecule has 5 atom stereocenters. The Morgan fingerprint density at radius 3 is 1.93 bits per heavy atom. The minimum Gasteiger partial charge on any atom is -0.0683 e. The first-order valence-corrected chi connectivity index (χ1v) is 6.68. The van der Waals surface area contributed by atoms with Crippen molar-refractivity contribution in [2.45, 2.75) is 60.3 Å². The zero-order chi connectivity index (χ0) is 10.7. The van der Waals surface area contributed by atoms with E-state index in [0.29, 0.717) is 0 Å². The first-order chi connectivity index (χ1) is 6.68. The largest absolute Gasteiger partial charge is 0.0683 e. The lowest BCUT2D eigenvalue weighted by Crippen LogP contribution is -2.14. The van der Waals surface area contributed by atoms with Crippen LogP contribution in [0.2, 0.25) is 0 Å². The van der Waals surface area contributed by atoms with Gasteiger partial charge in [0.15, 0.2) is 0 Å². The van der Waals surface area contributed by atoms with Crippen LogP contribution in [-0.4, -0.2) is 0 Å². The quantitative estimate of drug-likeness (QED) is 0.525. The number of hydrogen-bond acceptors (Lipinski definition) is 0. The summed E-state index contributed by atoms with van der Waals surface area (Å²) in [6.45, 7) is 11.4. The normalized spacial score (nSPS) is 46.5. The molecule has 0 spiro atoms. The smallest absolute Gasteiger partial charge is 0.0360 e. The van der Waals surface area contributed by atoms with Crippen LogP contribution in [-0.2, 0) is 0 Å². The molecule has 14 heavy (non-hydrogen) atoms. The Morgan fingerprint density at radius 2 is 1.29 bits per heavy atom. The van der Waals surface area contributed by atoms with Gasteiger partial charge in [0, 0.05) is 0 Å². The van der Waals surface area contributed by atoms with Gasteiger partial charge in [-0.2, -0.15) is 0 Å². The lowest BCUT2D eigenvalue weighted by atomic mass is 9.82. The van der Waals surface area contributed by atoms with Gasteiger partial charge in [-0.15, -0.1) is 0 Å². The van der Waals surface area contributed by atoms with Gasteiger partial charge in [-0.1, -0.05) is 47.5 Å².